The molecule has 2 rings (SSSR count). The normalized spacial score (nSPS) is 30.2. The first-order valence-corrected chi connectivity index (χ1v) is 8.56. The lowest BCUT2D eigenvalue weighted by molar-refractivity contribution is 0.177. The van der Waals surface area contributed by atoms with Crippen molar-refractivity contribution in [3.8, 4) is 0 Å². The lowest BCUT2D eigenvalue weighted by Gasteiger charge is -2.34. The number of rotatable bonds is 8. The predicted octanol–water partition coefficient (Wildman–Crippen LogP) is 3.67. The van der Waals surface area contributed by atoms with Gasteiger partial charge < -0.3 is 10.2 Å². The molecule has 112 valence electrons. The molecule has 0 aromatic carbocycles. The summed E-state index contributed by atoms with van der Waals surface area (Å²) in [4.78, 5) is 2.78. The fraction of sp³-hybridized carbons (Fsp3) is 1.00. The van der Waals surface area contributed by atoms with Crippen molar-refractivity contribution in [1.29, 1.82) is 0 Å². The maximum Gasteiger partial charge on any atom is 0.0159 e. The highest BCUT2D eigenvalue weighted by Crippen LogP contribution is 2.42. The third kappa shape index (κ3) is 3.95. The fourth-order valence-corrected chi connectivity index (χ4v) is 3.91. The van der Waals surface area contributed by atoms with E-state index in [1.807, 2.05) is 0 Å². The van der Waals surface area contributed by atoms with Crippen LogP contribution in [-0.2, 0) is 0 Å². The Bertz CT molecular complexity index is 270. The molecule has 0 amide bonds. The quantitative estimate of drug-likeness (QED) is 0.721. The number of nitrogens with zero attached hydrogens (tertiary/aromatic N) is 1. The van der Waals surface area contributed by atoms with Crippen LogP contribution in [0.4, 0.5) is 0 Å². The highest BCUT2D eigenvalue weighted by Gasteiger charge is 2.43. The summed E-state index contributed by atoms with van der Waals surface area (Å²) in [6.07, 6.45) is 8.26. The van der Waals surface area contributed by atoms with Crippen molar-refractivity contribution in [3.63, 3.8) is 0 Å². The Morgan fingerprint density at radius 1 is 1.11 bits per heavy atom. The third-order valence-electron chi connectivity index (χ3n) is 5.13. The highest BCUT2D eigenvalue weighted by molar-refractivity contribution is 4.98. The first-order chi connectivity index (χ1) is 9.08. The van der Waals surface area contributed by atoms with E-state index in [1.165, 1.54) is 58.2 Å². The van der Waals surface area contributed by atoms with Crippen LogP contribution in [0.15, 0.2) is 0 Å². The average molecular weight is 266 g/mol. The molecule has 0 aliphatic heterocycles. The maximum atomic E-state index is 3.85. The summed E-state index contributed by atoms with van der Waals surface area (Å²) in [5.41, 5.74) is 0.487. The van der Waals surface area contributed by atoms with E-state index >= 15 is 0 Å². The molecule has 19 heavy (non-hydrogen) atoms. The van der Waals surface area contributed by atoms with Crippen LogP contribution < -0.4 is 5.32 Å². The molecule has 0 spiro atoms. The van der Waals surface area contributed by atoms with E-state index in [0.717, 1.165) is 18.0 Å². The van der Waals surface area contributed by atoms with E-state index in [2.05, 4.69) is 37.9 Å². The summed E-state index contributed by atoms with van der Waals surface area (Å²) in [7, 11) is 0. The third-order valence-corrected chi connectivity index (χ3v) is 5.13. The van der Waals surface area contributed by atoms with Gasteiger partial charge in [0.2, 0.25) is 0 Å². The minimum atomic E-state index is 0.487. The second-order valence-corrected chi connectivity index (χ2v) is 7.45. The molecule has 2 atom stereocenters. The van der Waals surface area contributed by atoms with Gasteiger partial charge >= 0.3 is 0 Å². The first kappa shape index (κ1) is 15.3. The second-order valence-electron chi connectivity index (χ2n) is 7.45. The van der Waals surface area contributed by atoms with Crippen LogP contribution >= 0.6 is 0 Å². The maximum absolute atomic E-state index is 3.85. The highest BCUT2D eigenvalue weighted by atomic mass is 15.2. The van der Waals surface area contributed by atoms with Gasteiger partial charge in [-0.25, -0.2) is 0 Å². The summed E-state index contributed by atoms with van der Waals surface area (Å²) in [5.74, 6) is 0.869. The van der Waals surface area contributed by atoms with Crippen molar-refractivity contribution in [2.75, 3.05) is 19.6 Å². The zero-order valence-corrected chi connectivity index (χ0v) is 13.5. The predicted molar refractivity (Wildman–Crippen MR) is 83.5 cm³/mol. The van der Waals surface area contributed by atoms with Crippen LogP contribution in [-0.4, -0.2) is 36.6 Å². The summed E-state index contributed by atoms with van der Waals surface area (Å²) < 4.78 is 0. The molecule has 1 N–H and O–H groups in total. The van der Waals surface area contributed by atoms with Gasteiger partial charge in [0.05, 0.1) is 0 Å². The Labute approximate surface area is 120 Å². The lowest BCUT2D eigenvalue weighted by atomic mass is 9.84. The molecule has 2 fully saturated rings. The van der Waals surface area contributed by atoms with Crippen LogP contribution in [0.5, 0.6) is 0 Å². The summed E-state index contributed by atoms with van der Waals surface area (Å²) in [5, 5.41) is 3.85. The lowest BCUT2D eigenvalue weighted by Crippen LogP contribution is -2.46. The molecule has 2 unspecified atom stereocenters. The molecular weight excluding hydrogens is 232 g/mol. The fourth-order valence-electron chi connectivity index (χ4n) is 3.91. The van der Waals surface area contributed by atoms with Crippen molar-refractivity contribution >= 4 is 0 Å². The number of nitrogens with one attached hydrogen (secondary N) is 1. The largest absolute Gasteiger partial charge is 0.313 e. The zero-order chi connectivity index (χ0) is 13.9. The Morgan fingerprint density at radius 2 is 1.84 bits per heavy atom. The average Bonchev–Trinajstić information content (AvgIpc) is 3.15. The van der Waals surface area contributed by atoms with Crippen LogP contribution in [0.1, 0.15) is 66.2 Å². The smallest absolute Gasteiger partial charge is 0.0159 e. The zero-order valence-electron chi connectivity index (χ0n) is 13.5. The SMILES string of the molecule is CCCNC1C(CN(CCC)C2CC2)CCC1(C)C. The summed E-state index contributed by atoms with van der Waals surface area (Å²) >= 11 is 0. The van der Waals surface area contributed by atoms with E-state index in [1.54, 1.807) is 0 Å². The summed E-state index contributed by atoms with van der Waals surface area (Å²) in [6, 6.07) is 1.65. The Kier molecular flexibility index (Phi) is 5.30. The van der Waals surface area contributed by atoms with Gasteiger partial charge in [0.25, 0.3) is 0 Å². The molecule has 0 bridgehead atoms. The Hall–Kier alpha value is -0.0800. The molecule has 2 aliphatic rings. The van der Waals surface area contributed by atoms with Gasteiger partial charge in [0, 0.05) is 18.6 Å². The van der Waals surface area contributed by atoms with E-state index in [4.69, 9.17) is 0 Å². The van der Waals surface area contributed by atoms with E-state index < -0.39 is 0 Å². The van der Waals surface area contributed by atoms with Gasteiger partial charge in [-0.3, -0.25) is 0 Å². The first-order valence-electron chi connectivity index (χ1n) is 8.56. The van der Waals surface area contributed by atoms with Crippen molar-refractivity contribution < 1.29 is 0 Å². The van der Waals surface area contributed by atoms with Crippen LogP contribution in [0.25, 0.3) is 0 Å². The van der Waals surface area contributed by atoms with Crippen LogP contribution in [0.3, 0.4) is 0 Å². The second kappa shape index (κ2) is 6.58. The molecule has 2 aliphatic carbocycles. The minimum Gasteiger partial charge on any atom is -0.313 e. The van der Waals surface area contributed by atoms with Gasteiger partial charge in [-0.2, -0.15) is 0 Å². The molecule has 0 aromatic heterocycles. The molecule has 2 nitrogen and oxygen atoms in total. The Morgan fingerprint density at radius 3 is 2.42 bits per heavy atom. The molecule has 0 saturated heterocycles. The van der Waals surface area contributed by atoms with Gasteiger partial charge in [0.1, 0.15) is 0 Å². The molecule has 2 heteroatoms. The molecule has 0 radical (unpaired) electrons. The number of hydrogen-bond acceptors (Lipinski definition) is 2. The van der Waals surface area contributed by atoms with Crippen molar-refractivity contribution in [2.24, 2.45) is 11.3 Å². The van der Waals surface area contributed by atoms with E-state index in [0.29, 0.717) is 5.41 Å². The molecule has 0 aromatic rings. The minimum absolute atomic E-state index is 0.487. The molecule has 0 heterocycles. The van der Waals surface area contributed by atoms with Crippen molar-refractivity contribution in [2.45, 2.75) is 78.3 Å². The van der Waals surface area contributed by atoms with Gasteiger partial charge in [0.15, 0.2) is 0 Å². The van der Waals surface area contributed by atoms with Crippen LogP contribution in [0, 0.1) is 11.3 Å². The van der Waals surface area contributed by atoms with E-state index in [-0.39, 0.29) is 0 Å². The van der Waals surface area contributed by atoms with Gasteiger partial charge in [-0.15, -0.1) is 0 Å². The Balaban J connectivity index is 1.92. The summed E-state index contributed by atoms with van der Waals surface area (Å²) in [6.45, 7) is 13.3. The van der Waals surface area contributed by atoms with Crippen molar-refractivity contribution in [3.05, 3.63) is 0 Å². The van der Waals surface area contributed by atoms with Gasteiger partial charge in [-0.1, -0.05) is 27.7 Å². The van der Waals surface area contributed by atoms with Crippen molar-refractivity contribution in [1.82, 2.24) is 10.2 Å². The topological polar surface area (TPSA) is 15.3 Å². The molecule has 2 saturated carbocycles. The van der Waals surface area contributed by atoms with Crippen LogP contribution in [0.2, 0.25) is 0 Å². The monoisotopic (exact) mass is 266 g/mol. The van der Waals surface area contributed by atoms with Gasteiger partial charge in [-0.05, 0) is 62.9 Å². The molecular formula is C17H34N2. The number of hydrogen-bond donors (Lipinski definition) is 1. The van der Waals surface area contributed by atoms with E-state index in [9.17, 15) is 0 Å². The standard InChI is InChI=1S/C17H34N2/c1-5-11-18-16-14(9-10-17(16,3)4)13-19(12-6-2)15-7-8-15/h14-16,18H,5-13H2,1-4H3.